The first-order valence-electron chi connectivity index (χ1n) is 5.39. The molecule has 19 heavy (non-hydrogen) atoms. The largest absolute Gasteiger partial charge is 0.496 e. The summed E-state index contributed by atoms with van der Waals surface area (Å²) in [5, 5.41) is 9.14. The molecule has 0 aliphatic carbocycles. The maximum atomic E-state index is 6.02. The highest BCUT2D eigenvalue weighted by atomic mass is 35.5. The van der Waals surface area contributed by atoms with Crippen molar-refractivity contribution in [2.75, 3.05) is 7.11 Å². The Hall–Kier alpha value is -1.85. The van der Waals surface area contributed by atoms with Crippen LogP contribution in [0, 0.1) is 0 Å². The Morgan fingerprint density at radius 1 is 1.16 bits per heavy atom. The third-order valence-electron chi connectivity index (χ3n) is 2.67. The van der Waals surface area contributed by atoms with Gasteiger partial charge in [-0.1, -0.05) is 23.2 Å². The molecule has 2 aromatic heterocycles. The highest BCUT2D eigenvalue weighted by Gasteiger charge is 2.14. The standard InChI is InChI=1S/C12H8Cl2N4O/c1-19-9-3-2-7(13)4-8(9)12-17-16-11-5-10(14)15-6-18(11)12/h2-6H,1H3. The van der Waals surface area contributed by atoms with Gasteiger partial charge >= 0.3 is 0 Å². The maximum Gasteiger partial charge on any atom is 0.173 e. The van der Waals surface area contributed by atoms with E-state index in [9.17, 15) is 0 Å². The highest BCUT2D eigenvalue weighted by molar-refractivity contribution is 6.31. The van der Waals surface area contributed by atoms with Crippen LogP contribution >= 0.6 is 23.2 Å². The predicted octanol–water partition coefficient (Wildman–Crippen LogP) is 3.11. The van der Waals surface area contributed by atoms with Crippen LogP contribution in [-0.4, -0.2) is 26.7 Å². The molecular formula is C12H8Cl2N4O. The first-order valence-corrected chi connectivity index (χ1v) is 6.15. The van der Waals surface area contributed by atoms with Gasteiger partial charge < -0.3 is 4.74 Å². The number of fused-ring (bicyclic) bond motifs is 1. The molecule has 0 saturated heterocycles. The van der Waals surface area contributed by atoms with E-state index in [1.54, 1.807) is 42.1 Å². The van der Waals surface area contributed by atoms with Gasteiger partial charge in [-0.05, 0) is 18.2 Å². The van der Waals surface area contributed by atoms with Gasteiger partial charge in [0, 0.05) is 11.1 Å². The normalized spacial score (nSPS) is 10.9. The molecule has 0 saturated carbocycles. The molecule has 0 atom stereocenters. The molecule has 0 unspecified atom stereocenters. The molecule has 3 rings (SSSR count). The van der Waals surface area contributed by atoms with Crippen LogP contribution in [0.1, 0.15) is 0 Å². The van der Waals surface area contributed by atoms with E-state index < -0.39 is 0 Å². The number of rotatable bonds is 2. The van der Waals surface area contributed by atoms with Crippen LogP contribution in [0.3, 0.4) is 0 Å². The predicted molar refractivity (Wildman–Crippen MR) is 72.8 cm³/mol. The fourth-order valence-electron chi connectivity index (χ4n) is 1.81. The van der Waals surface area contributed by atoms with Crippen LogP contribution in [0.4, 0.5) is 0 Å². The lowest BCUT2D eigenvalue weighted by molar-refractivity contribution is 0.416. The maximum absolute atomic E-state index is 6.02. The van der Waals surface area contributed by atoms with Gasteiger partial charge in [-0.25, -0.2) is 4.98 Å². The van der Waals surface area contributed by atoms with Gasteiger partial charge in [0.25, 0.3) is 0 Å². The van der Waals surface area contributed by atoms with E-state index in [0.29, 0.717) is 27.4 Å². The molecule has 96 valence electrons. The van der Waals surface area contributed by atoms with Crippen molar-refractivity contribution >= 4 is 28.8 Å². The van der Waals surface area contributed by atoms with E-state index in [1.807, 2.05) is 0 Å². The second-order valence-electron chi connectivity index (χ2n) is 3.81. The summed E-state index contributed by atoms with van der Waals surface area (Å²) in [7, 11) is 1.59. The average molecular weight is 295 g/mol. The third-order valence-corrected chi connectivity index (χ3v) is 3.11. The van der Waals surface area contributed by atoms with Crippen molar-refractivity contribution in [2.24, 2.45) is 0 Å². The van der Waals surface area contributed by atoms with Crippen LogP contribution in [0.2, 0.25) is 10.2 Å². The molecule has 5 nitrogen and oxygen atoms in total. The quantitative estimate of drug-likeness (QED) is 0.682. The van der Waals surface area contributed by atoms with Crippen molar-refractivity contribution in [3.63, 3.8) is 0 Å². The van der Waals surface area contributed by atoms with Crippen LogP contribution in [0.25, 0.3) is 17.0 Å². The SMILES string of the molecule is COc1ccc(Cl)cc1-c1nnc2cc(Cl)ncn12. The number of hydrogen-bond acceptors (Lipinski definition) is 4. The van der Waals surface area contributed by atoms with Crippen molar-refractivity contribution in [3.05, 3.63) is 40.8 Å². The minimum absolute atomic E-state index is 0.365. The van der Waals surface area contributed by atoms with E-state index in [-0.39, 0.29) is 0 Å². The Labute approximate surface area is 118 Å². The molecule has 0 aliphatic heterocycles. The fraction of sp³-hybridized carbons (Fsp3) is 0.0833. The van der Waals surface area contributed by atoms with Crippen molar-refractivity contribution in [1.82, 2.24) is 19.6 Å². The smallest absolute Gasteiger partial charge is 0.173 e. The van der Waals surface area contributed by atoms with Crippen molar-refractivity contribution in [1.29, 1.82) is 0 Å². The molecule has 7 heteroatoms. The van der Waals surface area contributed by atoms with E-state index >= 15 is 0 Å². The molecule has 3 aromatic rings. The van der Waals surface area contributed by atoms with Gasteiger partial charge in [0.15, 0.2) is 11.5 Å². The number of aromatic nitrogens is 4. The zero-order chi connectivity index (χ0) is 13.4. The number of nitrogens with zero attached hydrogens (tertiary/aromatic N) is 4. The molecule has 0 aliphatic rings. The zero-order valence-electron chi connectivity index (χ0n) is 9.84. The second-order valence-corrected chi connectivity index (χ2v) is 4.63. The molecule has 2 heterocycles. The van der Waals surface area contributed by atoms with Crippen LogP contribution < -0.4 is 4.74 Å². The summed E-state index contributed by atoms with van der Waals surface area (Å²) in [4.78, 5) is 4.02. The molecule has 0 spiro atoms. The lowest BCUT2D eigenvalue weighted by Gasteiger charge is -2.07. The average Bonchev–Trinajstić information content (AvgIpc) is 2.81. The third kappa shape index (κ3) is 2.11. The van der Waals surface area contributed by atoms with Gasteiger partial charge in [-0.15, -0.1) is 10.2 Å². The Morgan fingerprint density at radius 2 is 2.00 bits per heavy atom. The number of ether oxygens (including phenoxy) is 1. The van der Waals surface area contributed by atoms with E-state index in [4.69, 9.17) is 27.9 Å². The lowest BCUT2D eigenvalue weighted by Crippen LogP contribution is -1.94. The van der Waals surface area contributed by atoms with Gasteiger partial charge in [-0.2, -0.15) is 0 Å². The van der Waals surface area contributed by atoms with E-state index in [1.165, 1.54) is 0 Å². The molecule has 0 N–H and O–H groups in total. The van der Waals surface area contributed by atoms with Crippen molar-refractivity contribution in [2.45, 2.75) is 0 Å². The summed E-state index contributed by atoms with van der Waals surface area (Å²) in [5.41, 5.74) is 1.35. The Morgan fingerprint density at radius 3 is 2.79 bits per heavy atom. The van der Waals surface area contributed by atoms with E-state index in [2.05, 4.69) is 15.2 Å². The number of benzene rings is 1. The summed E-state index contributed by atoms with van der Waals surface area (Å²) < 4.78 is 7.03. The molecule has 0 radical (unpaired) electrons. The number of hydrogen-bond donors (Lipinski definition) is 0. The lowest BCUT2D eigenvalue weighted by atomic mass is 10.2. The summed E-state index contributed by atoms with van der Waals surface area (Å²) in [5.74, 6) is 1.26. The minimum Gasteiger partial charge on any atom is -0.496 e. The molecular weight excluding hydrogens is 287 g/mol. The summed E-state index contributed by atoms with van der Waals surface area (Å²) in [6, 6.07) is 6.94. The molecule has 0 amide bonds. The Kier molecular flexibility index (Phi) is 3.00. The fourth-order valence-corrected chi connectivity index (χ4v) is 2.12. The summed E-state index contributed by atoms with van der Waals surface area (Å²) in [6.07, 6.45) is 1.56. The monoisotopic (exact) mass is 294 g/mol. The minimum atomic E-state index is 0.365. The van der Waals surface area contributed by atoms with Crippen molar-refractivity contribution in [3.8, 4) is 17.1 Å². The molecule has 0 fully saturated rings. The number of methoxy groups -OCH3 is 1. The van der Waals surface area contributed by atoms with Crippen molar-refractivity contribution < 1.29 is 4.74 Å². The Balaban J connectivity index is 2.27. The molecule has 1 aromatic carbocycles. The van der Waals surface area contributed by atoms with Gasteiger partial charge in [-0.3, -0.25) is 4.40 Å². The van der Waals surface area contributed by atoms with Crippen LogP contribution in [0.5, 0.6) is 5.75 Å². The zero-order valence-corrected chi connectivity index (χ0v) is 11.4. The number of halogens is 2. The molecule has 0 bridgehead atoms. The van der Waals surface area contributed by atoms with Gasteiger partial charge in [0.05, 0.1) is 12.7 Å². The summed E-state index contributed by atoms with van der Waals surface area (Å²) in [6.45, 7) is 0. The first kappa shape index (κ1) is 12.2. The van der Waals surface area contributed by atoms with Gasteiger partial charge in [0.1, 0.15) is 17.2 Å². The first-order chi connectivity index (χ1) is 9.19. The van der Waals surface area contributed by atoms with Gasteiger partial charge in [0.2, 0.25) is 0 Å². The second kappa shape index (κ2) is 4.68. The Bertz CT molecular complexity index is 757. The summed E-state index contributed by atoms with van der Waals surface area (Å²) >= 11 is 11.8. The van der Waals surface area contributed by atoms with E-state index in [0.717, 1.165) is 5.56 Å². The topological polar surface area (TPSA) is 52.3 Å². The van der Waals surface area contributed by atoms with Crippen LogP contribution in [-0.2, 0) is 0 Å². The van der Waals surface area contributed by atoms with Crippen LogP contribution in [0.15, 0.2) is 30.6 Å². The highest BCUT2D eigenvalue weighted by Crippen LogP contribution is 2.31.